The molecule has 1 rings (SSSR count). The van der Waals surface area contributed by atoms with Crippen LogP contribution in [0.15, 0.2) is 30.6 Å². The third-order valence-electron chi connectivity index (χ3n) is 0.566. The second-order valence-corrected chi connectivity index (χ2v) is 1.02. The molecule has 5 heteroatoms. The van der Waals surface area contributed by atoms with Gasteiger partial charge in [-0.2, -0.15) is 0 Å². The van der Waals surface area contributed by atoms with Gasteiger partial charge in [-0.1, -0.05) is 6.07 Å². The SMILES string of the molecule is Cl.Cl.N.[CH3][Pt].c1ccncc1. The Bertz CT molecular complexity index is 90.5. The Morgan fingerprint density at radius 1 is 0.909 bits per heavy atom. The van der Waals surface area contributed by atoms with Gasteiger partial charge in [-0.3, -0.25) is 4.98 Å². The van der Waals surface area contributed by atoms with Crippen LogP contribution in [0.5, 0.6) is 0 Å². The number of pyridine rings is 1. The monoisotopic (exact) mass is 378 g/mol. The maximum absolute atomic E-state index is 3.78. The molecule has 0 radical (unpaired) electrons. The predicted molar refractivity (Wildman–Crippen MR) is 49.6 cm³/mol. The summed E-state index contributed by atoms with van der Waals surface area (Å²) in [7, 11) is 0. The average molecular weight is 379 g/mol. The van der Waals surface area contributed by atoms with Gasteiger partial charge in [-0.25, -0.2) is 0 Å². The van der Waals surface area contributed by atoms with Gasteiger partial charge in [0.05, 0.1) is 0 Å². The molecular formula is C6H13Cl2N2Pt. The summed E-state index contributed by atoms with van der Waals surface area (Å²) in [6.07, 6.45) is 3.50. The molecule has 1 aromatic heterocycles. The van der Waals surface area contributed by atoms with Gasteiger partial charge in [-0.15, -0.1) is 24.8 Å². The smallest absolute Gasteiger partial charge is 0.0267 e. The topological polar surface area (TPSA) is 47.9 Å². The molecule has 0 amide bonds. The van der Waals surface area contributed by atoms with E-state index in [1.165, 1.54) is 0 Å². The van der Waals surface area contributed by atoms with Crippen LogP contribution in [0.25, 0.3) is 0 Å². The minimum atomic E-state index is 0. The first-order chi connectivity index (χ1) is 4.00. The zero-order valence-corrected chi connectivity index (χ0v) is 10.1. The molecule has 1 heterocycles. The molecule has 0 aliphatic heterocycles. The third kappa shape index (κ3) is 17.9. The van der Waals surface area contributed by atoms with E-state index in [1.54, 1.807) is 12.4 Å². The number of halogens is 2. The minimum absolute atomic E-state index is 0. The zero-order chi connectivity index (χ0) is 6.24. The Hall–Kier alpha value is 0.378. The molecular weight excluding hydrogens is 366 g/mol. The molecule has 0 saturated heterocycles. The Labute approximate surface area is 91.5 Å². The molecule has 0 aliphatic rings. The predicted octanol–water partition coefficient (Wildman–Crippen LogP) is 2.67. The van der Waals surface area contributed by atoms with Crippen LogP contribution >= 0.6 is 24.8 Å². The van der Waals surface area contributed by atoms with Gasteiger partial charge >= 0.3 is 25.1 Å². The van der Waals surface area contributed by atoms with Crippen LogP contribution in [0.4, 0.5) is 0 Å². The molecule has 0 aliphatic carbocycles. The fraction of sp³-hybridized carbons (Fsp3) is 0.167. The number of nitrogens with zero attached hydrogens (tertiary/aromatic N) is 1. The second kappa shape index (κ2) is 22.4. The van der Waals surface area contributed by atoms with E-state index in [2.05, 4.69) is 24.8 Å². The normalized spacial score (nSPS) is 5.00. The molecule has 11 heavy (non-hydrogen) atoms. The summed E-state index contributed by atoms with van der Waals surface area (Å²) < 4.78 is 0. The van der Waals surface area contributed by atoms with Gasteiger partial charge in [0.2, 0.25) is 0 Å². The number of aromatic nitrogens is 1. The van der Waals surface area contributed by atoms with E-state index >= 15 is 0 Å². The van der Waals surface area contributed by atoms with Crippen molar-refractivity contribution in [2.24, 2.45) is 0 Å². The van der Waals surface area contributed by atoms with E-state index in [9.17, 15) is 0 Å². The van der Waals surface area contributed by atoms with Crippen molar-refractivity contribution in [1.29, 1.82) is 0 Å². The van der Waals surface area contributed by atoms with Crippen LogP contribution in [0.3, 0.4) is 0 Å². The van der Waals surface area contributed by atoms with E-state index in [1.807, 2.05) is 23.5 Å². The van der Waals surface area contributed by atoms with Gasteiger partial charge in [0.15, 0.2) is 0 Å². The van der Waals surface area contributed by atoms with Crippen LogP contribution in [-0.2, 0) is 19.8 Å². The number of hydrogen-bond donors (Lipinski definition) is 1. The van der Waals surface area contributed by atoms with Crippen molar-refractivity contribution >= 4 is 24.8 Å². The van der Waals surface area contributed by atoms with Crippen molar-refractivity contribution in [3.05, 3.63) is 30.6 Å². The molecule has 0 aromatic carbocycles. The molecule has 0 fully saturated rings. The summed E-state index contributed by atoms with van der Waals surface area (Å²) in [5.74, 6) is 0. The quantitative estimate of drug-likeness (QED) is 0.754. The summed E-state index contributed by atoms with van der Waals surface area (Å²) in [4.78, 5) is 3.78. The van der Waals surface area contributed by atoms with Crippen molar-refractivity contribution < 1.29 is 19.8 Å². The molecule has 1 aromatic rings. The van der Waals surface area contributed by atoms with Crippen LogP contribution in [0.1, 0.15) is 0 Å². The van der Waals surface area contributed by atoms with E-state index in [-0.39, 0.29) is 31.0 Å². The van der Waals surface area contributed by atoms with Crippen LogP contribution in [0, 0.1) is 0 Å². The van der Waals surface area contributed by atoms with Gasteiger partial charge in [-0.05, 0) is 12.1 Å². The zero-order valence-electron chi connectivity index (χ0n) is 6.17. The number of hydrogen-bond acceptors (Lipinski definition) is 2. The van der Waals surface area contributed by atoms with Gasteiger partial charge in [0.25, 0.3) is 0 Å². The Kier molecular flexibility index (Phi) is 45.9. The summed E-state index contributed by atoms with van der Waals surface area (Å²) in [5, 5.41) is 1.97. The first-order valence-corrected chi connectivity index (χ1v) is 4.44. The first kappa shape index (κ1) is 22.5. The summed E-state index contributed by atoms with van der Waals surface area (Å²) >= 11 is 2.14. The van der Waals surface area contributed by atoms with Crippen LogP contribution < -0.4 is 6.15 Å². The van der Waals surface area contributed by atoms with E-state index in [0.29, 0.717) is 0 Å². The van der Waals surface area contributed by atoms with E-state index in [0.717, 1.165) is 0 Å². The van der Waals surface area contributed by atoms with E-state index in [4.69, 9.17) is 0 Å². The molecule has 0 bridgehead atoms. The molecule has 0 spiro atoms. The molecule has 0 unspecified atom stereocenters. The standard InChI is InChI=1S/C5H5N.CH3.2ClH.H3N.Pt/c1-2-4-6-5-3-1;;;;;/h1-5H;1H3;2*1H;1H3;. The fourth-order valence-electron chi connectivity index (χ4n) is 0.313. The maximum Gasteiger partial charge on any atom is 0.0267 e. The molecule has 0 saturated carbocycles. The maximum atomic E-state index is 3.78. The third-order valence-corrected chi connectivity index (χ3v) is 0.566. The summed E-state index contributed by atoms with van der Waals surface area (Å²) in [6.45, 7) is 0. The Morgan fingerprint density at radius 3 is 1.36 bits per heavy atom. The Morgan fingerprint density at radius 2 is 1.27 bits per heavy atom. The average Bonchev–Trinajstić information content (AvgIpc) is 1.96. The molecule has 2 nitrogen and oxygen atoms in total. The second-order valence-electron chi connectivity index (χ2n) is 1.02. The van der Waals surface area contributed by atoms with Crippen LogP contribution in [-0.4, -0.2) is 4.98 Å². The molecule has 0 atom stereocenters. The van der Waals surface area contributed by atoms with Crippen LogP contribution in [0.2, 0.25) is 5.31 Å². The summed E-state index contributed by atoms with van der Waals surface area (Å²) in [6, 6.07) is 5.72. The first-order valence-electron chi connectivity index (χ1n) is 2.17. The van der Waals surface area contributed by atoms with Crippen molar-refractivity contribution in [3.63, 3.8) is 0 Å². The van der Waals surface area contributed by atoms with Gasteiger partial charge < -0.3 is 6.15 Å². The molecule has 71 valence electrons. The van der Waals surface area contributed by atoms with Crippen molar-refractivity contribution in [2.45, 2.75) is 5.31 Å². The van der Waals surface area contributed by atoms with Gasteiger partial charge in [0.1, 0.15) is 0 Å². The van der Waals surface area contributed by atoms with Gasteiger partial charge in [0, 0.05) is 12.4 Å². The largest absolute Gasteiger partial charge is 0.265 e. The molecule has 3 N–H and O–H groups in total. The van der Waals surface area contributed by atoms with Crippen molar-refractivity contribution in [2.75, 3.05) is 0 Å². The minimum Gasteiger partial charge on any atom is -0.265 e. The van der Waals surface area contributed by atoms with Crippen molar-refractivity contribution in [1.82, 2.24) is 11.1 Å². The summed E-state index contributed by atoms with van der Waals surface area (Å²) in [5.41, 5.74) is 0. The van der Waals surface area contributed by atoms with Crippen molar-refractivity contribution in [3.8, 4) is 0 Å². The number of rotatable bonds is 0. The Balaban J connectivity index is -0.0000000459. The van der Waals surface area contributed by atoms with E-state index < -0.39 is 0 Å². The fourth-order valence-corrected chi connectivity index (χ4v) is 0.313.